The van der Waals surface area contributed by atoms with Gasteiger partial charge in [-0.1, -0.05) is 26.8 Å². The fourth-order valence-corrected chi connectivity index (χ4v) is 7.44. The van der Waals surface area contributed by atoms with Gasteiger partial charge in [0.25, 0.3) is 0 Å². The molecule has 0 aliphatic carbocycles. The fraction of sp³-hybridized carbons (Fsp3) is 0.607. The lowest BCUT2D eigenvalue weighted by molar-refractivity contribution is -0.145. The molecule has 2 aromatic rings. The zero-order valence-electron chi connectivity index (χ0n) is 24.7. The van der Waals surface area contributed by atoms with Crippen LogP contribution in [-0.4, -0.2) is 79.3 Å². The Morgan fingerprint density at radius 2 is 1.91 bits per heavy atom. The van der Waals surface area contributed by atoms with Gasteiger partial charge in [0.1, 0.15) is 12.1 Å². The third-order valence-electron chi connectivity index (χ3n) is 7.98. The van der Waals surface area contributed by atoms with Gasteiger partial charge in [0.05, 0.1) is 28.1 Å². The number of sulfonamides is 1. The summed E-state index contributed by atoms with van der Waals surface area (Å²) < 4.78 is 67.3. The van der Waals surface area contributed by atoms with Gasteiger partial charge >= 0.3 is 6.18 Å². The number of ketones is 1. The van der Waals surface area contributed by atoms with Crippen LogP contribution in [0.3, 0.4) is 0 Å². The lowest BCUT2D eigenvalue weighted by Crippen LogP contribution is -2.60. The van der Waals surface area contributed by atoms with Crippen LogP contribution in [0.5, 0.6) is 0 Å². The van der Waals surface area contributed by atoms with Crippen LogP contribution in [0, 0.1) is 17.8 Å². The topological polar surface area (TPSA) is 155 Å². The van der Waals surface area contributed by atoms with Gasteiger partial charge in [-0.15, -0.1) is 11.3 Å². The normalized spacial score (nSPS) is 22.6. The molecule has 44 heavy (non-hydrogen) atoms. The second-order valence-electron chi connectivity index (χ2n) is 11.9. The van der Waals surface area contributed by atoms with Crippen LogP contribution in [0.25, 0.3) is 10.2 Å². The number of likely N-dealkylation sites (tertiary alicyclic amines) is 1. The van der Waals surface area contributed by atoms with Crippen LogP contribution in [0.2, 0.25) is 0 Å². The highest BCUT2D eigenvalue weighted by molar-refractivity contribution is 7.88. The average Bonchev–Trinajstić information content (AvgIpc) is 3.55. The van der Waals surface area contributed by atoms with Crippen LogP contribution in [0.15, 0.2) is 18.2 Å². The van der Waals surface area contributed by atoms with Crippen LogP contribution < -0.4 is 15.4 Å². The molecule has 0 radical (unpaired) electrons. The Bertz CT molecular complexity index is 1540. The maximum Gasteiger partial charge on any atom is 0.418 e. The minimum absolute atomic E-state index is 0.0231. The number of aromatic nitrogens is 1. The van der Waals surface area contributed by atoms with E-state index in [1.165, 1.54) is 17.0 Å². The second-order valence-corrected chi connectivity index (χ2v) is 14.7. The Hall–Kier alpha value is -3.11. The molecule has 5 atom stereocenters. The Balaban J connectivity index is 1.65. The number of nitrogens with zero attached hydrogens (tertiary/aromatic N) is 2. The summed E-state index contributed by atoms with van der Waals surface area (Å²) >= 11 is 0.761. The van der Waals surface area contributed by atoms with E-state index < -0.39 is 69.3 Å². The molecule has 4 rings (SSSR count). The summed E-state index contributed by atoms with van der Waals surface area (Å²) in [6, 6.07) is 0.0263. The first-order chi connectivity index (χ1) is 20.5. The molecule has 3 heterocycles. The number of nitrogens with one attached hydrogen (secondary N) is 3. The van der Waals surface area contributed by atoms with Crippen molar-refractivity contribution in [2.45, 2.75) is 70.8 Å². The smallest absolute Gasteiger partial charge is 0.356 e. The van der Waals surface area contributed by atoms with E-state index in [1.54, 1.807) is 13.8 Å². The minimum atomic E-state index is -4.70. The van der Waals surface area contributed by atoms with E-state index in [0.29, 0.717) is 19.4 Å². The Morgan fingerprint density at radius 1 is 1.20 bits per heavy atom. The van der Waals surface area contributed by atoms with E-state index >= 15 is 0 Å². The second kappa shape index (κ2) is 13.1. The number of carbonyl (C=O) groups excluding carboxylic acids is 4. The molecule has 11 nitrogen and oxygen atoms in total. The van der Waals surface area contributed by atoms with Crippen molar-refractivity contribution >= 4 is 55.1 Å². The first-order valence-corrected chi connectivity index (χ1v) is 17.0. The lowest BCUT2D eigenvalue weighted by Gasteiger charge is -2.40. The van der Waals surface area contributed by atoms with Gasteiger partial charge in [0.15, 0.2) is 5.01 Å². The van der Waals surface area contributed by atoms with Gasteiger partial charge in [0, 0.05) is 19.0 Å². The molecule has 0 bridgehead atoms. The van der Waals surface area contributed by atoms with Crippen molar-refractivity contribution in [1.29, 1.82) is 0 Å². The summed E-state index contributed by atoms with van der Waals surface area (Å²) in [7, 11) is -3.76. The molecule has 2 saturated heterocycles. The van der Waals surface area contributed by atoms with E-state index in [9.17, 15) is 40.8 Å². The molecule has 1 aromatic heterocycles. The van der Waals surface area contributed by atoms with Crippen LogP contribution in [0.4, 0.5) is 13.2 Å². The largest absolute Gasteiger partial charge is 0.418 e. The standard InChI is InChI=1S/C28H36F3N5O6S2/c1-14(2)21(35-44(4,41)42)27(40)36-11-9-15(3)12-19(36)25(39)33-18(13-16-8-10-32-24(16)38)23(37)26-34-22-17(28(29,30)31)6-5-7-20(22)43-26/h5-7,14-16,18-19,21,35H,8-13H2,1-4H3,(H,32,38)(H,33,39)/t15-,16-,18-,19-,21-/m0/s1. The van der Waals surface area contributed by atoms with Gasteiger partial charge in [-0.25, -0.2) is 18.1 Å². The Kier molecular flexibility index (Phi) is 10.0. The molecule has 2 aliphatic rings. The average molecular weight is 660 g/mol. The summed E-state index contributed by atoms with van der Waals surface area (Å²) in [6.07, 6.45) is -2.67. The number of hydrogen-bond acceptors (Lipinski definition) is 8. The van der Waals surface area contributed by atoms with Crippen molar-refractivity contribution in [2.75, 3.05) is 19.3 Å². The van der Waals surface area contributed by atoms with Crippen molar-refractivity contribution in [3.63, 3.8) is 0 Å². The molecule has 3 amide bonds. The van der Waals surface area contributed by atoms with Crippen LogP contribution in [-0.2, 0) is 30.6 Å². The molecule has 2 aliphatic heterocycles. The molecule has 0 spiro atoms. The molecule has 0 unspecified atom stereocenters. The van der Waals surface area contributed by atoms with Gasteiger partial charge in [-0.3, -0.25) is 19.2 Å². The van der Waals surface area contributed by atoms with Crippen molar-refractivity contribution < 1.29 is 40.8 Å². The summed E-state index contributed by atoms with van der Waals surface area (Å²) in [5.41, 5.74) is -1.37. The van der Waals surface area contributed by atoms with E-state index in [2.05, 4.69) is 20.3 Å². The number of hydrogen-bond donors (Lipinski definition) is 3. The first-order valence-electron chi connectivity index (χ1n) is 14.3. The number of halogens is 3. The summed E-state index contributed by atoms with van der Waals surface area (Å²) in [5, 5.41) is 5.11. The van der Waals surface area contributed by atoms with Gasteiger partial charge in [-0.2, -0.15) is 13.2 Å². The summed E-state index contributed by atoms with van der Waals surface area (Å²) in [4.78, 5) is 59.0. The number of fused-ring (bicyclic) bond motifs is 1. The number of carbonyl (C=O) groups is 4. The summed E-state index contributed by atoms with van der Waals surface area (Å²) in [6.45, 7) is 5.80. The monoisotopic (exact) mass is 659 g/mol. The zero-order valence-corrected chi connectivity index (χ0v) is 26.4. The van der Waals surface area contributed by atoms with Crippen molar-refractivity contribution in [1.82, 2.24) is 25.2 Å². The number of thiazole rings is 1. The highest BCUT2D eigenvalue weighted by Gasteiger charge is 2.42. The summed E-state index contributed by atoms with van der Waals surface area (Å²) in [5.74, 6) is -3.35. The molecule has 16 heteroatoms. The lowest BCUT2D eigenvalue weighted by atomic mass is 9.89. The van der Waals surface area contributed by atoms with Crippen molar-refractivity contribution in [3.8, 4) is 0 Å². The van der Waals surface area contributed by atoms with Crippen molar-refractivity contribution in [2.24, 2.45) is 17.8 Å². The van der Waals surface area contributed by atoms with Gasteiger partial charge in [0.2, 0.25) is 33.5 Å². The number of benzene rings is 1. The number of amides is 3. The van der Waals surface area contributed by atoms with E-state index in [1.807, 2.05) is 6.92 Å². The third kappa shape index (κ3) is 7.75. The Morgan fingerprint density at radius 3 is 2.50 bits per heavy atom. The number of para-hydroxylation sites is 1. The maximum atomic E-state index is 13.8. The predicted octanol–water partition coefficient (Wildman–Crippen LogP) is 2.71. The van der Waals surface area contributed by atoms with Crippen LogP contribution >= 0.6 is 11.3 Å². The molecule has 3 N–H and O–H groups in total. The van der Waals surface area contributed by atoms with Crippen LogP contribution in [0.1, 0.15) is 61.8 Å². The van der Waals surface area contributed by atoms with E-state index in [4.69, 9.17) is 0 Å². The number of rotatable bonds is 10. The van der Waals surface area contributed by atoms with Gasteiger partial charge < -0.3 is 15.5 Å². The molecule has 242 valence electrons. The SMILES string of the molecule is CC(C)[C@H](NS(C)(=O)=O)C(=O)N1CC[C@H](C)C[C@H]1C(=O)N[C@@H](C[C@@H]1CCNC1=O)C(=O)c1nc2c(C(F)(F)F)cccc2s1. The predicted molar refractivity (Wildman–Crippen MR) is 157 cm³/mol. The maximum absolute atomic E-state index is 13.8. The third-order valence-corrected chi connectivity index (χ3v) is 9.69. The minimum Gasteiger partial charge on any atom is -0.356 e. The quantitative estimate of drug-likeness (QED) is 0.332. The fourth-order valence-electron chi connectivity index (χ4n) is 5.62. The zero-order chi connectivity index (χ0) is 32.6. The Labute approximate surface area is 257 Å². The molecular formula is C28H36F3N5O6S2. The van der Waals surface area contributed by atoms with Crippen molar-refractivity contribution in [3.05, 3.63) is 28.8 Å². The highest BCUT2D eigenvalue weighted by atomic mass is 32.2. The molecule has 1 aromatic carbocycles. The van der Waals surface area contributed by atoms with E-state index in [0.717, 1.165) is 23.7 Å². The molecular weight excluding hydrogens is 623 g/mol. The number of Topliss-reactive ketones (excluding diaryl/α,β-unsaturated/α-hetero) is 1. The molecule has 2 fully saturated rings. The number of alkyl halides is 3. The van der Waals surface area contributed by atoms with E-state index in [-0.39, 0.29) is 46.4 Å². The highest BCUT2D eigenvalue weighted by Crippen LogP contribution is 2.37. The van der Waals surface area contributed by atoms with Gasteiger partial charge in [-0.05, 0) is 49.7 Å². The first kappa shape index (κ1) is 33.8. The number of piperidine rings is 1. The molecule has 0 saturated carbocycles.